The molecule has 1 aliphatic rings. The Morgan fingerprint density at radius 2 is 2.42 bits per heavy atom. The SMILES string of the molecule is C[C@@H]1COCCN1c1nc(Cl)nc2c(CO)csc12. The Balaban J connectivity index is 2.14. The van der Waals surface area contributed by atoms with E-state index in [1.807, 2.05) is 5.38 Å². The summed E-state index contributed by atoms with van der Waals surface area (Å²) >= 11 is 7.56. The van der Waals surface area contributed by atoms with Crippen LogP contribution in [0.15, 0.2) is 5.38 Å². The highest BCUT2D eigenvalue weighted by Gasteiger charge is 2.24. The predicted octanol–water partition coefficient (Wildman–Crippen LogP) is 2.06. The normalized spacial score (nSPS) is 20.2. The first-order valence-electron chi connectivity index (χ1n) is 6.09. The van der Waals surface area contributed by atoms with Crippen molar-refractivity contribution < 1.29 is 9.84 Å². The van der Waals surface area contributed by atoms with Gasteiger partial charge in [-0.15, -0.1) is 11.3 Å². The van der Waals surface area contributed by atoms with Gasteiger partial charge in [0.05, 0.1) is 36.1 Å². The summed E-state index contributed by atoms with van der Waals surface area (Å²) in [5.41, 5.74) is 1.55. The van der Waals surface area contributed by atoms with Gasteiger partial charge in [-0.05, 0) is 23.9 Å². The molecule has 0 aromatic carbocycles. The maximum absolute atomic E-state index is 9.34. The zero-order valence-corrected chi connectivity index (χ0v) is 12.0. The summed E-state index contributed by atoms with van der Waals surface area (Å²) in [4.78, 5) is 10.8. The molecule has 2 aromatic heterocycles. The maximum atomic E-state index is 9.34. The van der Waals surface area contributed by atoms with E-state index in [2.05, 4.69) is 21.8 Å². The molecule has 0 saturated carbocycles. The molecule has 3 heterocycles. The van der Waals surface area contributed by atoms with Crippen LogP contribution in [0.3, 0.4) is 0 Å². The predicted molar refractivity (Wildman–Crippen MR) is 76.0 cm³/mol. The Morgan fingerprint density at radius 1 is 1.58 bits per heavy atom. The number of nitrogens with zero attached hydrogens (tertiary/aromatic N) is 3. The average molecular weight is 300 g/mol. The maximum Gasteiger partial charge on any atom is 0.224 e. The fourth-order valence-corrected chi connectivity index (χ4v) is 3.44. The van der Waals surface area contributed by atoms with Gasteiger partial charge in [0, 0.05) is 12.1 Å². The first-order valence-corrected chi connectivity index (χ1v) is 7.35. The second-order valence-electron chi connectivity index (χ2n) is 4.53. The van der Waals surface area contributed by atoms with Gasteiger partial charge in [-0.3, -0.25) is 0 Å². The summed E-state index contributed by atoms with van der Waals surface area (Å²) in [5, 5.41) is 11.5. The minimum absolute atomic E-state index is 0.0363. The van der Waals surface area contributed by atoms with E-state index >= 15 is 0 Å². The lowest BCUT2D eigenvalue weighted by atomic mass is 10.2. The van der Waals surface area contributed by atoms with Gasteiger partial charge in [-0.1, -0.05) is 0 Å². The lowest BCUT2D eigenvalue weighted by Crippen LogP contribution is -2.44. The molecular formula is C12H14ClN3O2S. The average Bonchev–Trinajstić information content (AvgIpc) is 2.81. The molecule has 1 fully saturated rings. The Morgan fingerprint density at radius 3 is 3.16 bits per heavy atom. The first kappa shape index (κ1) is 13.1. The van der Waals surface area contributed by atoms with Crippen molar-refractivity contribution in [3.05, 3.63) is 16.2 Å². The monoisotopic (exact) mass is 299 g/mol. The largest absolute Gasteiger partial charge is 0.392 e. The molecular weight excluding hydrogens is 286 g/mol. The minimum atomic E-state index is -0.0363. The fraction of sp³-hybridized carbons (Fsp3) is 0.500. The Kier molecular flexibility index (Phi) is 3.58. The lowest BCUT2D eigenvalue weighted by Gasteiger charge is -2.34. The number of thiophene rings is 1. The smallest absolute Gasteiger partial charge is 0.224 e. The molecule has 3 rings (SSSR count). The zero-order chi connectivity index (χ0) is 13.4. The van der Waals surface area contributed by atoms with Gasteiger partial charge in [0.25, 0.3) is 0 Å². The number of halogens is 1. The lowest BCUT2D eigenvalue weighted by molar-refractivity contribution is 0.0987. The van der Waals surface area contributed by atoms with Gasteiger partial charge in [0.15, 0.2) is 5.82 Å². The molecule has 1 atom stereocenters. The van der Waals surface area contributed by atoms with Crippen LogP contribution in [0.1, 0.15) is 12.5 Å². The molecule has 0 aliphatic carbocycles. The highest BCUT2D eigenvalue weighted by atomic mass is 35.5. The molecule has 1 saturated heterocycles. The second-order valence-corrected chi connectivity index (χ2v) is 5.75. The Hall–Kier alpha value is -0.950. The standard InChI is InChI=1S/C12H14ClN3O2S/c1-7-5-18-3-2-16(7)11-10-9(14-12(13)15-11)8(4-17)6-19-10/h6-7,17H,2-5H2,1H3/t7-/m1/s1. The molecule has 0 unspecified atom stereocenters. The summed E-state index contributed by atoms with van der Waals surface area (Å²) in [6.07, 6.45) is 0. The third kappa shape index (κ3) is 2.29. The third-order valence-electron chi connectivity index (χ3n) is 3.25. The molecule has 102 valence electrons. The van der Waals surface area contributed by atoms with E-state index in [9.17, 15) is 5.11 Å². The molecule has 1 aliphatic heterocycles. The van der Waals surface area contributed by atoms with Crippen LogP contribution in [-0.2, 0) is 11.3 Å². The van der Waals surface area contributed by atoms with Gasteiger partial charge in [-0.2, -0.15) is 4.98 Å². The molecule has 19 heavy (non-hydrogen) atoms. The summed E-state index contributed by atoms with van der Waals surface area (Å²) in [6, 6.07) is 0.252. The number of hydrogen-bond donors (Lipinski definition) is 1. The highest BCUT2D eigenvalue weighted by molar-refractivity contribution is 7.18. The number of anilines is 1. The topological polar surface area (TPSA) is 58.5 Å². The molecule has 0 radical (unpaired) electrons. The molecule has 7 heteroatoms. The zero-order valence-electron chi connectivity index (χ0n) is 10.5. The van der Waals surface area contributed by atoms with Gasteiger partial charge < -0.3 is 14.7 Å². The number of ether oxygens (including phenoxy) is 1. The van der Waals surface area contributed by atoms with E-state index < -0.39 is 0 Å². The highest BCUT2D eigenvalue weighted by Crippen LogP contribution is 2.34. The van der Waals surface area contributed by atoms with Crippen molar-refractivity contribution >= 4 is 39.0 Å². The van der Waals surface area contributed by atoms with Crippen molar-refractivity contribution in [2.24, 2.45) is 0 Å². The number of aliphatic hydroxyl groups is 1. The Bertz CT molecular complexity index is 604. The van der Waals surface area contributed by atoms with Gasteiger partial charge >= 0.3 is 0 Å². The second kappa shape index (κ2) is 5.20. The van der Waals surface area contributed by atoms with Crippen LogP contribution in [0, 0.1) is 0 Å². The van der Waals surface area contributed by atoms with Gasteiger partial charge in [-0.25, -0.2) is 4.98 Å². The van der Waals surface area contributed by atoms with E-state index in [1.54, 1.807) is 11.3 Å². The Labute approximate surface area is 119 Å². The fourth-order valence-electron chi connectivity index (χ4n) is 2.27. The van der Waals surface area contributed by atoms with E-state index in [0.717, 1.165) is 28.1 Å². The number of fused-ring (bicyclic) bond motifs is 1. The summed E-state index contributed by atoms with van der Waals surface area (Å²) in [7, 11) is 0. The molecule has 1 N–H and O–H groups in total. The van der Waals surface area contributed by atoms with Crippen LogP contribution < -0.4 is 4.90 Å². The molecule has 0 spiro atoms. The van der Waals surface area contributed by atoms with E-state index in [-0.39, 0.29) is 17.9 Å². The van der Waals surface area contributed by atoms with Gasteiger partial charge in [0.2, 0.25) is 5.28 Å². The van der Waals surface area contributed by atoms with Gasteiger partial charge in [0.1, 0.15) is 0 Å². The van der Waals surface area contributed by atoms with Crippen molar-refractivity contribution in [1.29, 1.82) is 0 Å². The van der Waals surface area contributed by atoms with Crippen molar-refractivity contribution in [3.63, 3.8) is 0 Å². The number of hydrogen-bond acceptors (Lipinski definition) is 6. The van der Waals surface area contributed by atoms with Crippen LogP contribution in [0.4, 0.5) is 5.82 Å². The quantitative estimate of drug-likeness (QED) is 0.860. The number of aliphatic hydroxyl groups excluding tert-OH is 1. The van der Waals surface area contributed by atoms with Crippen LogP contribution in [0.2, 0.25) is 5.28 Å². The van der Waals surface area contributed by atoms with Crippen molar-refractivity contribution in [2.75, 3.05) is 24.7 Å². The number of rotatable bonds is 2. The van der Waals surface area contributed by atoms with E-state index in [4.69, 9.17) is 16.3 Å². The van der Waals surface area contributed by atoms with Crippen molar-refractivity contribution in [1.82, 2.24) is 9.97 Å². The number of morpholine rings is 1. The van der Waals surface area contributed by atoms with E-state index in [1.165, 1.54) is 0 Å². The number of aromatic nitrogens is 2. The summed E-state index contributed by atoms with van der Waals surface area (Å²) < 4.78 is 6.42. The summed E-state index contributed by atoms with van der Waals surface area (Å²) in [5.74, 6) is 0.843. The summed E-state index contributed by atoms with van der Waals surface area (Å²) in [6.45, 7) is 4.22. The van der Waals surface area contributed by atoms with Crippen molar-refractivity contribution in [3.8, 4) is 0 Å². The first-order chi connectivity index (χ1) is 9.20. The van der Waals surface area contributed by atoms with Crippen LogP contribution in [0.5, 0.6) is 0 Å². The molecule has 5 nitrogen and oxygen atoms in total. The van der Waals surface area contributed by atoms with Crippen molar-refractivity contribution in [2.45, 2.75) is 19.6 Å². The van der Waals surface area contributed by atoms with E-state index in [0.29, 0.717) is 13.2 Å². The van der Waals surface area contributed by atoms with Crippen LogP contribution in [-0.4, -0.2) is 40.9 Å². The molecule has 0 bridgehead atoms. The molecule has 2 aromatic rings. The van der Waals surface area contributed by atoms with Crippen LogP contribution in [0.25, 0.3) is 10.2 Å². The molecule has 0 amide bonds. The minimum Gasteiger partial charge on any atom is -0.392 e. The third-order valence-corrected chi connectivity index (χ3v) is 4.44. The van der Waals surface area contributed by atoms with Crippen LogP contribution >= 0.6 is 22.9 Å².